The van der Waals surface area contributed by atoms with Crippen LogP contribution in [0.4, 0.5) is 5.69 Å². The summed E-state index contributed by atoms with van der Waals surface area (Å²) in [4.78, 5) is 36.6. The Morgan fingerprint density at radius 3 is 2.40 bits per heavy atom. The molecule has 2 aliphatic rings. The highest BCUT2D eigenvalue weighted by Crippen LogP contribution is 2.33. The number of benzene rings is 3. The SMILES string of the molecule is CN1CCN=C1c1ccc(CN2C(=O)CN(C(=O)c3ccc(Cl)cc3)Cc3c(Cl)cccc32)cc1. The number of nitrogens with zero attached hydrogens (tertiary/aromatic N) is 4. The van der Waals surface area contributed by atoms with Gasteiger partial charge in [-0.25, -0.2) is 0 Å². The molecule has 3 aromatic rings. The molecule has 0 radical (unpaired) electrons. The van der Waals surface area contributed by atoms with Gasteiger partial charge in [-0.2, -0.15) is 0 Å². The first-order valence-corrected chi connectivity index (χ1v) is 12.1. The zero-order valence-electron chi connectivity index (χ0n) is 19.2. The summed E-state index contributed by atoms with van der Waals surface area (Å²) in [6.07, 6.45) is 0. The maximum absolute atomic E-state index is 13.5. The fourth-order valence-electron chi connectivity index (χ4n) is 4.46. The number of carbonyl (C=O) groups excluding carboxylic acids is 2. The maximum Gasteiger partial charge on any atom is 0.254 e. The number of carbonyl (C=O) groups is 2. The normalized spacial score (nSPS) is 15.7. The van der Waals surface area contributed by atoms with E-state index in [1.54, 1.807) is 35.2 Å². The van der Waals surface area contributed by atoms with E-state index in [1.165, 1.54) is 4.90 Å². The van der Waals surface area contributed by atoms with Crippen molar-refractivity contribution in [1.29, 1.82) is 0 Å². The van der Waals surface area contributed by atoms with Crippen molar-refractivity contribution in [3.8, 4) is 0 Å². The van der Waals surface area contributed by atoms with Crippen LogP contribution in [0.2, 0.25) is 10.0 Å². The second-order valence-electron chi connectivity index (χ2n) is 8.71. The topological polar surface area (TPSA) is 56.2 Å². The Hall–Kier alpha value is -3.35. The number of aliphatic imine (C=N–C) groups is 1. The third kappa shape index (κ3) is 4.77. The molecule has 178 valence electrons. The van der Waals surface area contributed by atoms with Gasteiger partial charge in [-0.1, -0.05) is 53.5 Å². The van der Waals surface area contributed by atoms with Crippen molar-refractivity contribution in [2.45, 2.75) is 13.1 Å². The highest BCUT2D eigenvalue weighted by atomic mass is 35.5. The molecule has 8 heteroatoms. The lowest BCUT2D eigenvalue weighted by atomic mass is 10.1. The average molecular weight is 507 g/mol. The first-order chi connectivity index (χ1) is 16.9. The molecule has 0 saturated heterocycles. The predicted molar refractivity (Wildman–Crippen MR) is 139 cm³/mol. The van der Waals surface area contributed by atoms with Gasteiger partial charge in [0.25, 0.3) is 5.91 Å². The van der Waals surface area contributed by atoms with Crippen LogP contribution in [0.25, 0.3) is 0 Å². The number of hydrogen-bond acceptors (Lipinski definition) is 4. The molecule has 3 aromatic carbocycles. The smallest absolute Gasteiger partial charge is 0.254 e. The summed E-state index contributed by atoms with van der Waals surface area (Å²) >= 11 is 12.5. The maximum atomic E-state index is 13.5. The number of hydrogen-bond donors (Lipinski definition) is 0. The predicted octanol–water partition coefficient (Wildman–Crippen LogP) is 4.87. The minimum atomic E-state index is -0.242. The molecule has 35 heavy (non-hydrogen) atoms. The van der Waals surface area contributed by atoms with Gasteiger partial charge in [0.15, 0.2) is 0 Å². The third-order valence-corrected chi connectivity index (χ3v) is 6.96. The van der Waals surface area contributed by atoms with Gasteiger partial charge in [-0.15, -0.1) is 0 Å². The van der Waals surface area contributed by atoms with Crippen LogP contribution < -0.4 is 4.90 Å². The molecule has 0 aliphatic carbocycles. The van der Waals surface area contributed by atoms with E-state index in [2.05, 4.69) is 9.89 Å². The largest absolute Gasteiger partial charge is 0.358 e. The van der Waals surface area contributed by atoms with E-state index in [0.29, 0.717) is 22.2 Å². The Morgan fingerprint density at radius 1 is 0.971 bits per heavy atom. The molecule has 2 amide bonds. The highest BCUT2D eigenvalue weighted by molar-refractivity contribution is 6.32. The van der Waals surface area contributed by atoms with E-state index >= 15 is 0 Å². The lowest BCUT2D eigenvalue weighted by molar-refractivity contribution is -0.119. The van der Waals surface area contributed by atoms with Crippen LogP contribution in [-0.4, -0.2) is 54.1 Å². The van der Waals surface area contributed by atoms with Gasteiger partial charge in [0.1, 0.15) is 12.4 Å². The van der Waals surface area contributed by atoms with E-state index in [1.807, 2.05) is 43.4 Å². The van der Waals surface area contributed by atoms with Gasteiger partial charge in [-0.3, -0.25) is 14.6 Å². The van der Waals surface area contributed by atoms with E-state index in [-0.39, 0.29) is 24.9 Å². The summed E-state index contributed by atoms with van der Waals surface area (Å²) in [6.45, 7) is 2.29. The standard InChI is InChI=1S/C27H24Cl2N4O2/c1-31-14-13-30-26(31)19-7-5-18(6-8-19)15-33-24-4-2-3-23(29)22(24)16-32(17-25(33)34)27(35)20-9-11-21(28)12-10-20/h2-12H,13-17H2,1H3. The highest BCUT2D eigenvalue weighted by Gasteiger charge is 2.30. The fraction of sp³-hybridized carbons (Fsp3) is 0.222. The number of amidine groups is 1. The minimum absolute atomic E-state index is 0.0495. The van der Waals surface area contributed by atoms with Crippen molar-refractivity contribution in [3.05, 3.63) is 99.0 Å². The minimum Gasteiger partial charge on any atom is -0.358 e. The second kappa shape index (κ2) is 9.72. The van der Waals surface area contributed by atoms with Crippen LogP contribution >= 0.6 is 23.2 Å². The summed E-state index contributed by atoms with van der Waals surface area (Å²) in [5, 5.41) is 1.07. The van der Waals surface area contributed by atoms with Gasteiger partial charge in [-0.05, 0) is 42.0 Å². The zero-order chi connectivity index (χ0) is 24.5. The molecular weight excluding hydrogens is 483 g/mol. The van der Waals surface area contributed by atoms with Gasteiger partial charge >= 0.3 is 0 Å². The summed E-state index contributed by atoms with van der Waals surface area (Å²) in [7, 11) is 2.04. The van der Waals surface area contributed by atoms with Crippen molar-refractivity contribution < 1.29 is 9.59 Å². The molecule has 0 bridgehead atoms. The van der Waals surface area contributed by atoms with Gasteiger partial charge in [0, 0.05) is 40.3 Å². The van der Waals surface area contributed by atoms with E-state index in [0.717, 1.165) is 41.3 Å². The van der Waals surface area contributed by atoms with E-state index < -0.39 is 0 Å². The van der Waals surface area contributed by atoms with Crippen LogP contribution in [-0.2, 0) is 17.9 Å². The molecule has 0 aromatic heterocycles. The van der Waals surface area contributed by atoms with Crippen LogP contribution in [0, 0.1) is 0 Å². The molecule has 0 unspecified atom stereocenters. The first-order valence-electron chi connectivity index (χ1n) is 11.4. The van der Waals surface area contributed by atoms with E-state index in [9.17, 15) is 9.59 Å². The summed E-state index contributed by atoms with van der Waals surface area (Å²) in [5.74, 6) is 0.571. The molecule has 0 atom stereocenters. The van der Waals surface area contributed by atoms with Gasteiger partial charge < -0.3 is 14.7 Å². The van der Waals surface area contributed by atoms with Crippen LogP contribution in [0.15, 0.2) is 71.7 Å². The van der Waals surface area contributed by atoms with Crippen molar-refractivity contribution in [2.75, 3.05) is 31.6 Å². The van der Waals surface area contributed by atoms with Crippen LogP contribution in [0.3, 0.4) is 0 Å². The second-order valence-corrected chi connectivity index (χ2v) is 9.55. The van der Waals surface area contributed by atoms with Gasteiger partial charge in [0.05, 0.1) is 25.3 Å². The molecule has 0 spiro atoms. The summed E-state index contributed by atoms with van der Waals surface area (Å²) < 4.78 is 0. The molecular formula is C27H24Cl2N4O2. The third-order valence-electron chi connectivity index (χ3n) is 6.35. The molecule has 2 heterocycles. The Kier molecular flexibility index (Phi) is 6.50. The molecule has 0 fully saturated rings. The van der Waals surface area contributed by atoms with Crippen molar-refractivity contribution in [1.82, 2.24) is 9.80 Å². The summed E-state index contributed by atoms with van der Waals surface area (Å²) in [6, 6.07) is 20.3. The number of rotatable bonds is 4. The Labute approximate surface area is 214 Å². The Balaban J connectivity index is 1.43. The lowest BCUT2D eigenvalue weighted by Gasteiger charge is -2.23. The number of anilines is 1. The van der Waals surface area contributed by atoms with Crippen molar-refractivity contribution in [2.24, 2.45) is 4.99 Å². The zero-order valence-corrected chi connectivity index (χ0v) is 20.8. The number of amides is 2. The molecule has 0 N–H and O–H groups in total. The van der Waals surface area contributed by atoms with Gasteiger partial charge in [0.2, 0.25) is 5.91 Å². The van der Waals surface area contributed by atoms with E-state index in [4.69, 9.17) is 23.2 Å². The lowest BCUT2D eigenvalue weighted by Crippen LogP contribution is -2.39. The molecule has 6 nitrogen and oxygen atoms in total. The monoisotopic (exact) mass is 506 g/mol. The van der Waals surface area contributed by atoms with Crippen LogP contribution in [0.5, 0.6) is 0 Å². The fourth-order valence-corrected chi connectivity index (χ4v) is 4.82. The number of fused-ring (bicyclic) bond motifs is 1. The average Bonchev–Trinajstić information content (AvgIpc) is 3.23. The summed E-state index contributed by atoms with van der Waals surface area (Å²) in [5.41, 5.74) is 3.98. The first kappa shape index (κ1) is 23.4. The van der Waals surface area contributed by atoms with Crippen molar-refractivity contribution >= 4 is 46.5 Å². The quantitative estimate of drug-likeness (QED) is 0.506. The Morgan fingerprint density at radius 2 is 1.71 bits per heavy atom. The van der Waals surface area contributed by atoms with Crippen molar-refractivity contribution in [3.63, 3.8) is 0 Å². The number of halogens is 2. The molecule has 5 rings (SSSR count). The molecule has 2 aliphatic heterocycles. The van der Waals surface area contributed by atoms with Crippen LogP contribution in [0.1, 0.15) is 27.0 Å². The Bertz CT molecular complexity index is 1310. The number of likely N-dealkylation sites (N-methyl/N-ethyl adjacent to an activating group) is 1. The molecule has 0 saturated carbocycles.